The van der Waals surface area contributed by atoms with Gasteiger partial charge in [-0.3, -0.25) is 0 Å². The van der Waals surface area contributed by atoms with Gasteiger partial charge in [0.2, 0.25) is 0 Å². The summed E-state index contributed by atoms with van der Waals surface area (Å²) in [4.78, 5) is 2.60. The van der Waals surface area contributed by atoms with E-state index in [1.54, 1.807) is 12.7 Å². The predicted octanol–water partition coefficient (Wildman–Crippen LogP) is 3.36. The van der Waals surface area contributed by atoms with Gasteiger partial charge in [-0.25, -0.2) is 0 Å². The van der Waals surface area contributed by atoms with E-state index < -0.39 is 0 Å². The molecule has 0 aromatic heterocycles. The zero-order valence-electron chi connectivity index (χ0n) is 13.8. The van der Waals surface area contributed by atoms with E-state index in [-0.39, 0.29) is 0 Å². The van der Waals surface area contributed by atoms with E-state index in [4.69, 9.17) is 9.47 Å². The standard InChI is InChI=1S/C19H27NO2/c1-20-11-10-19-9-4-3-6-16(19)17(20)12-14-15(19)7-5-8-18(14)22-13-21-2/h5,7-8,16-17H,3-4,6,9-13H2,1-2H3/t16-,17+,19-/m0/s1. The summed E-state index contributed by atoms with van der Waals surface area (Å²) in [6.07, 6.45) is 8.01. The molecule has 3 heteroatoms. The second-order valence-corrected chi connectivity index (χ2v) is 7.34. The Morgan fingerprint density at radius 1 is 1.27 bits per heavy atom. The van der Waals surface area contributed by atoms with Crippen molar-refractivity contribution in [3.8, 4) is 5.75 Å². The first-order valence-corrected chi connectivity index (χ1v) is 8.70. The van der Waals surface area contributed by atoms with Crippen molar-refractivity contribution in [1.29, 1.82) is 0 Å². The number of benzene rings is 1. The van der Waals surface area contributed by atoms with Crippen LogP contribution in [0, 0.1) is 5.92 Å². The Bertz CT molecular complexity index is 558. The first kappa shape index (κ1) is 14.5. The Kier molecular flexibility index (Phi) is 3.66. The van der Waals surface area contributed by atoms with Crippen LogP contribution in [0.3, 0.4) is 0 Å². The average Bonchev–Trinajstić information content (AvgIpc) is 2.56. The van der Waals surface area contributed by atoms with Gasteiger partial charge in [0.05, 0.1) is 0 Å². The number of hydrogen-bond acceptors (Lipinski definition) is 3. The van der Waals surface area contributed by atoms with E-state index >= 15 is 0 Å². The van der Waals surface area contributed by atoms with Gasteiger partial charge in [0.25, 0.3) is 0 Å². The van der Waals surface area contributed by atoms with Crippen LogP contribution in [-0.4, -0.2) is 38.4 Å². The molecule has 1 saturated heterocycles. The molecule has 120 valence electrons. The number of hydrogen-bond donors (Lipinski definition) is 0. The van der Waals surface area contributed by atoms with Gasteiger partial charge in [-0.2, -0.15) is 0 Å². The molecule has 22 heavy (non-hydrogen) atoms. The zero-order valence-corrected chi connectivity index (χ0v) is 13.8. The van der Waals surface area contributed by atoms with Crippen LogP contribution in [0.2, 0.25) is 0 Å². The van der Waals surface area contributed by atoms with Crippen LogP contribution in [0.1, 0.15) is 43.2 Å². The summed E-state index contributed by atoms with van der Waals surface area (Å²) in [6, 6.07) is 7.37. The molecular weight excluding hydrogens is 274 g/mol. The number of ether oxygens (including phenoxy) is 2. The molecule has 2 aliphatic carbocycles. The second kappa shape index (κ2) is 5.54. The SMILES string of the molecule is COCOc1cccc2c1C[C@@H]1[C@@H]3CCCC[C@]23CCN1C. The van der Waals surface area contributed by atoms with E-state index in [2.05, 4.69) is 30.1 Å². The van der Waals surface area contributed by atoms with E-state index in [1.165, 1.54) is 44.2 Å². The number of likely N-dealkylation sites (N-methyl/N-ethyl adjacent to an activating group) is 1. The summed E-state index contributed by atoms with van der Waals surface area (Å²) in [5.41, 5.74) is 3.46. The Hall–Kier alpha value is -1.06. The van der Waals surface area contributed by atoms with Crippen LogP contribution in [0.15, 0.2) is 18.2 Å². The molecule has 0 amide bonds. The number of piperidine rings is 1. The highest BCUT2D eigenvalue weighted by molar-refractivity contribution is 5.49. The first-order valence-electron chi connectivity index (χ1n) is 8.70. The molecular formula is C19H27NO2. The topological polar surface area (TPSA) is 21.7 Å². The maximum absolute atomic E-state index is 5.89. The number of nitrogens with zero attached hydrogens (tertiary/aromatic N) is 1. The van der Waals surface area contributed by atoms with Gasteiger partial charge in [0.1, 0.15) is 5.75 Å². The molecule has 3 nitrogen and oxygen atoms in total. The smallest absolute Gasteiger partial charge is 0.188 e. The fraction of sp³-hybridized carbons (Fsp3) is 0.684. The summed E-state index contributed by atoms with van der Waals surface area (Å²) in [6.45, 7) is 1.58. The normalized spacial score (nSPS) is 33.9. The van der Waals surface area contributed by atoms with Crippen molar-refractivity contribution in [3.05, 3.63) is 29.3 Å². The van der Waals surface area contributed by atoms with Crippen LogP contribution in [0.4, 0.5) is 0 Å². The number of methoxy groups -OCH3 is 1. The fourth-order valence-electron chi connectivity index (χ4n) is 5.46. The molecule has 1 heterocycles. The Morgan fingerprint density at radius 3 is 3.05 bits per heavy atom. The highest BCUT2D eigenvalue weighted by Gasteiger charge is 2.53. The van der Waals surface area contributed by atoms with Crippen molar-refractivity contribution in [1.82, 2.24) is 4.90 Å². The molecule has 1 aromatic rings. The van der Waals surface area contributed by atoms with E-state index in [0.717, 1.165) is 18.1 Å². The summed E-state index contributed by atoms with van der Waals surface area (Å²) in [7, 11) is 4.00. The zero-order chi connectivity index (χ0) is 15.2. The third kappa shape index (κ3) is 2.02. The average molecular weight is 301 g/mol. The lowest BCUT2D eigenvalue weighted by Crippen LogP contribution is -2.59. The monoisotopic (exact) mass is 301 g/mol. The molecule has 4 rings (SSSR count). The highest BCUT2D eigenvalue weighted by Crippen LogP contribution is 2.56. The molecule has 1 saturated carbocycles. The van der Waals surface area contributed by atoms with Gasteiger partial charge >= 0.3 is 0 Å². The summed E-state index contributed by atoms with van der Waals surface area (Å²) < 4.78 is 11.0. The molecule has 1 aliphatic heterocycles. The molecule has 3 atom stereocenters. The lowest BCUT2D eigenvalue weighted by molar-refractivity contribution is 0.000316. The van der Waals surface area contributed by atoms with Gasteiger partial charge in [-0.15, -0.1) is 0 Å². The van der Waals surface area contributed by atoms with Crippen molar-refractivity contribution in [2.75, 3.05) is 27.5 Å². The Balaban J connectivity index is 1.81. The summed E-state index contributed by atoms with van der Waals surface area (Å²) in [5.74, 6) is 1.88. The van der Waals surface area contributed by atoms with Crippen LogP contribution < -0.4 is 4.74 Å². The third-order valence-electron chi connectivity index (χ3n) is 6.45. The van der Waals surface area contributed by atoms with Crippen molar-refractivity contribution in [2.45, 2.75) is 50.0 Å². The molecule has 3 aliphatic rings. The largest absolute Gasteiger partial charge is 0.467 e. The molecule has 0 N–H and O–H groups in total. The molecule has 0 spiro atoms. The highest BCUT2D eigenvalue weighted by atomic mass is 16.7. The quantitative estimate of drug-likeness (QED) is 0.799. The summed E-state index contributed by atoms with van der Waals surface area (Å²) in [5, 5.41) is 0. The second-order valence-electron chi connectivity index (χ2n) is 7.34. The van der Waals surface area contributed by atoms with Gasteiger partial charge in [-0.05, 0) is 62.4 Å². The first-order chi connectivity index (χ1) is 10.8. The van der Waals surface area contributed by atoms with Crippen molar-refractivity contribution >= 4 is 0 Å². The maximum atomic E-state index is 5.89. The van der Waals surface area contributed by atoms with Gasteiger partial charge in [-0.1, -0.05) is 25.0 Å². The lowest BCUT2D eigenvalue weighted by Gasteiger charge is -2.58. The molecule has 0 unspecified atom stereocenters. The minimum atomic E-state index is 0.341. The molecule has 2 fully saturated rings. The Morgan fingerprint density at radius 2 is 2.18 bits per heavy atom. The Labute approximate surface area is 133 Å². The minimum Gasteiger partial charge on any atom is -0.467 e. The number of rotatable bonds is 3. The van der Waals surface area contributed by atoms with E-state index in [9.17, 15) is 0 Å². The van der Waals surface area contributed by atoms with E-state index in [0.29, 0.717) is 18.2 Å². The predicted molar refractivity (Wildman–Crippen MR) is 87.3 cm³/mol. The van der Waals surface area contributed by atoms with Crippen LogP contribution in [0.5, 0.6) is 5.75 Å². The minimum absolute atomic E-state index is 0.341. The lowest BCUT2D eigenvalue weighted by atomic mass is 9.52. The number of fused-ring (bicyclic) bond motifs is 1. The van der Waals surface area contributed by atoms with Crippen LogP contribution in [-0.2, 0) is 16.6 Å². The van der Waals surface area contributed by atoms with Gasteiger partial charge in [0, 0.05) is 18.6 Å². The van der Waals surface area contributed by atoms with Crippen LogP contribution >= 0.6 is 0 Å². The third-order valence-corrected chi connectivity index (χ3v) is 6.45. The summed E-state index contributed by atoms with van der Waals surface area (Å²) >= 11 is 0. The maximum Gasteiger partial charge on any atom is 0.188 e. The van der Waals surface area contributed by atoms with Gasteiger partial charge in [0.15, 0.2) is 6.79 Å². The fourth-order valence-corrected chi connectivity index (χ4v) is 5.46. The van der Waals surface area contributed by atoms with Crippen molar-refractivity contribution in [2.24, 2.45) is 5.92 Å². The van der Waals surface area contributed by atoms with Crippen molar-refractivity contribution < 1.29 is 9.47 Å². The van der Waals surface area contributed by atoms with Crippen molar-refractivity contribution in [3.63, 3.8) is 0 Å². The van der Waals surface area contributed by atoms with E-state index in [1.807, 2.05) is 0 Å². The molecule has 2 bridgehead atoms. The molecule has 1 aromatic carbocycles. The van der Waals surface area contributed by atoms with Gasteiger partial charge < -0.3 is 14.4 Å². The van der Waals surface area contributed by atoms with Crippen LogP contribution in [0.25, 0.3) is 0 Å². The number of likely N-dealkylation sites (tertiary alicyclic amines) is 1. The molecule has 0 radical (unpaired) electrons.